The summed E-state index contributed by atoms with van der Waals surface area (Å²) in [6, 6.07) is 18.8. The Bertz CT molecular complexity index is 1290. The van der Waals surface area contributed by atoms with Gasteiger partial charge in [0.25, 0.3) is 0 Å². The van der Waals surface area contributed by atoms with Gasteiger partial charge in [0.05, 0.1) is 5.39 Å². The fourth-order valence-electron chi connectivity index (χ4n) is 5.25. The highest BCUT2D eigenvalue weighted by molar-refractivity contribution is 7.19. The van der Waals surface area contributed by atoms with Crippen molar-refractivity contribution in [1.29, 1.82) is 0 Å². The van der Waals surface area contributed by atoms with Crippen LogP contribution in [0.5, 0.6) is 0 Å². The molecule has 1 aliphatic carbocycles. The summed E-state index contributed by atoms with van der Waals surface area (Å²) in [4.78, 5) is 18.0. The number of piperazine rings is 1. The van der Waals surface area contributed by atoms with E-state index in [-0.39, 0.29) is 0 Å². The van der Waals surface area contributed by atoms with Crippen molar-refractivity contribution in [2.75, 3.05) is 31.1 Å². The van der Waals surface area contributed by atoms with Gasteiger partial charge in [-0.2, -0.15) is 0 Å². The molecule has 2 aromatic heterocycles. The number of hydrogen-bond acceptors (Lipinski definition) is 5. The molecule has 0 spiro atoms. The SMILES string of the molecule is Clc1ccccc1CN1CCN(c2nc(Cc3ccccc3)nc3sc4c(c23)CCCC4)CC1. The van der Waals surface area contributed by atoms with Crippen LogP contribution in [0.25, 0.3) is 10.2 Å². The van der Waals surface area contributed by atoms with Crippen molar-refractivity contribution < 1.29 is 0 Å². The van der Waals surface area contributed by atoms with E-state index in [4.69, 9.17) is 21.6 Å². The monoisotopic (exact) mass is 488 g/mol. The van der Waals surface area contributed by atoms with Crippen molar-refractivity contribution in [1.82, 2.24) is 14.9 Å². The van der Waals surface area contributed by atoms with E-state index in [1.807, 2.05) is 23.5 Å². The van der Waals surface area contributed by atoms with Gasteiger partial charge < -0.3 is 4.90 Å². The van der Waals surface area contributed by atoms with E-state index in [0.29, 0.717) is 0 Å². The molecule has 4 nitrogen and oxygen atoms in total. The van der Waals surface area contributed by atoms with Gasteiger partial charge in [-0.3, -0.25) is 4.90 Å². The lowest BCUT2D eigenvalue weighted by Gasteiger charge is -2.36. The molecule has 174 valence electrons. The van der Waals surface area contributed by atoms with Gasteiger partial charge in [0.2, 0.25) is 0 Å². The third kappa shape index (κ3) is 4.45. The largest absolute Gasteiger partial charge is 0.353 e. The number of rotatable bonds is 5. The lowest BCUT2D eigenvalue weighted by molar-refractivity contribution is 0.249. The van der Waals surface area contributed by atoms with Crippen molar-refractivity contribution in [3.05, 3.63) is 87.0 Å². The van der Waals surface area contributed by atoms with Gasteiger partial charge in [-0.05, 0) is 48.4 Å². The molecule has 0 saturated carbocycles. The second-order valence-corrected chi connectivity index (χ2v) is 10.9. The molecule has 6 heteroatoms. The van der Waals surface area contributed by atoms with Gasteiger partial charge in [-0.25, -0.2) is 9.97 Å². The molecular weight excluding hydrogens is 460 g/mol. The Hall–Kier alpha value is -2.47. The topological polar surface area (TPSA) is 32.3 Å². The molecule has 4 aromatic rings. The van der Waals surface area contributed by atoms with E-state index in [1.165, 1.54) is 51.0 Å². The number of thiophene rings is 1. The van der Waals surface area contributed by atoms with Crippen LogP contribution < -0.4 is 4.90 Å². The van der Waals surface area contributed by atoms with Crippen LogP contribution >= 0.6 is 22.9 Å². The first-order valence-electron chi connectivity index (χ1n) is 12.3. The number of anilines is 1. The minimum Gasteiger partial charge on any atom is -0.353 e. The Labute approximate surface area is 210 Å². The minimum absolute atomic E-state index is 0.777. The number of nitrogens with zero attached hydrogens (tertiary/aromatic N) is 4. The summed E-state index contributed by atoms with van der Waals surface area (Å²) in [5.74, 6) is 2.10. The Morgan fingerprint density at radius 2 is 1.62 bits per heavy atom. The molecule has 1 aliphatic heterocycles. The summed E-state index contributed by atoms with van der Waals surface area (Å²) in [6.45, 7) is 4.88. The first-order valence-corrected chi connectivity index (χ1v) is 13.5. The average Bonchev–Trinajstić information content (AvgIpc) is 3.24. The number of aryl methyl sites for hydroxylation is 2. The molecule has 0 radical (unpaired) electrons. The summed E-state index contributed by atoms with van der Waals surface area (Å²) < 4.78 is 0. The van der Waals surface area contributed by atoms with Crippen LogP contribution in [0.2, 0.25) is 5.02 Å². The predicted molar refractivity (Wildman–Crippen MR) is 142 cm³/mol. The van der Waals surface area contributed by atoms with Crippen molar-refractivity contribution in [3.63, 3.8) is 0 Å². The Kier molecular flexibility index (Phi) is 6.25. The molecule has 6 rings (SSSR count). The molecular formula is C28H29ClN4S. The fraction of sp³-hybridized carbons (Fsp3) is 0.357. The van der Waals surface area contributed by atoms with Crippen molar-refractivity contribution in [2.24, 2.45) is 0 Å². The first kappa shape index (κ1) is 22.0. The summed E-state index contributed by atoms with van der Waals surface area (Å²) in [5.41, 5.74) is 3.99. The Morgan fingerprint density at radius 1 is 0.853 bits per heavy atom. The molecule has 1 fully saturated rings. The third-order valence-electron chi connectivity index (χ3n) is 7.07. The zero-order chi connectivity index (χ0) is 22.9. The summed E-state index contributed by atoms with van der Waals surface area (Å²) >= 11 is 8.32. The fourth-order valence-corrected chi connectivity index (χ4v) is 6.72. The van der Waals surface area contributed by atoms with E-state index in [2.05, 4.69) is 52.3 Å². The van der Waals surface area contributed by atoms with Crippen LogP contribution in [-0.4, -0.2) is 41.0 Å². The molecule has 0 amide bonds. The maximum absolute atomic E-state index is 6.42. The van der Waals surface area contributed by atoms with E-state index in [1.54, 1.807) is 0 Å². The molecule has 2 aliphatic rings. The smallest absolute Gasteiger partial charge is 0.141 e. The number of benzene rings is 2. The summed E-state index contributed by atoms with van der Waals surface area (Å²) in [5, 5.41) is 2.19. The lowest BCUT2D eigenvalue weighted by atomic mass is 9.96. The maximum atomic E-state index is 6.42. The van der Waals surface area contributed by atoms with Crippen LogP contribution in [-0.2, 0) is 25.8 Å². The second kappa shape index (κ2) is 9.65. The quantitative estimate of drug-likeness (QED) is 0.338. The van der Waals surface area contributed by atoms with Crippen LogP contribution in [0, 0.1) is 0 Å². The zero-order valence-corrected chi connectivity index (χ0v) is 20.9. The van der Waals surface area contributed by atoms with Crippen LogP contribution in [0.1, 0.15) is 40.2 Å². The number of aromatic nitrogens is 2. The first-order chi connectivity index (χ1) is 16.7. The summed E-state index contributed by atoms with van der Waals surface area (Å²) in [7, 11) is 0. The van der Waals surface area contributed by atoms with Crippen molar-refractivity contribution in [2.45, 2.75) is 38.6 Å². The Balaban J connectivity index is 1.29. The molecule has 0 unspecified atom stereocenters. The van der Waals surface area contributed by atoms with Crippen LogP contribution in [0.3, 0.4) is 0 Å². The average molecular weight is 489 g/mol. The van der Waals surface area contributed by atoms with Gasteiger partial charge in [-0.15, -0.1) is 11.3 Å². The lowest BCUT2D eigenvalue weighted by Crippen LogP contribution is -2.46. The van der Waals surface area contributed by atoms with Gasteiger partial charge in [-0.1, -0.05) is 60.1 Å². The molecule has 0 atom stereocenters. The minimum atomic E-state index is 0.777. The third-order valence-corrected chi connectivity index (χ3v) is 8.62. The van der Waals surface area contributed by atoms with Gasteiger partial charge in [0.1, 0.15) is 16.5 Å². The van der Waals surface area contributed by atoms with Crippen LogP contribution in [0.4, 0.5) is 5.82 Å². The van der Waals surface area contributed by atoms with E-state index < -0.39 is 0 Å². The van der Waals surface area contributed by atoms with E-state index in [0.717, 1.165) is 62.2 Å². The van der Waals surface area contributed by atoms with Crippen molar-refractivity contribution >= 4 is 39.0 Å². The van der Waals surface area contributed by atoms with Gasteiger partial charge in [0.15, 0.2) is 0 Å². The normalized spacial score (nSPS) is 16.7. The molecule has 34 heavy (non-hydrogen) atoms. The molecule has 3 heterocycles. The Morgan fingerprint density at radius 3 is 2.44 bits per heavy atom. The highest BCUT2D eigenvalue weighted by Gasteiger charge is 2.26. The maximum Gasteiger partial charge on any atom is 0.141 e. The number of fused-ring (bicyclic) bond motifs is 3. The standard InChI is InChI=1S/C28H29ClN4S/c29-23-12-6-4-10-21(23)19-32-14-16-33(17-15-32)27-26-22-11-5-7-13-24(22)34-28(26)31-25(30-27)18-20-8-2-1-3-9-20/h1-4,6,8-10,12H,5,7,11,13-19H2. The zero-order valence-electron chi connectivity index (χ0n) is 19.3. The number of hydrogen-bond donors (Lipinski definition) is 0. The van der Waals surface area contributed by atoms with Crippen LogP contribution in [0.15, 0.2) is 54.6 Å². The molecule has 0 bridgehead atoms. The molecule has 1 saturated heterocycles. The van der Waals surface area contributed by atoms with Gasteiger partial charge >= 0.3 is 0 Å². The highest BCUT2D eigenvalue weighted by atomic mass is 35.5. The van der Waals surface area contributed by atoms with E-state index in [9.17, 15) is 0 Å². The molecule has 2 aromatic carbocycles. The molecule has 0 N–H and O–H groups in total. The highest BCUT2D eigenvalue weighted by Crippen LogP contribution is 2.40. The van der Waals surface area contributed by atoms with Gasteiger partial charge in [0, 0.05) is 49.0 Å². The number of halogens is 1. The van der Waals surface area contributed by atoms with Crippen molar-refractivity contribution in [3.8, 4) is 0 Å². The summed E-state index contributed by atoms with van der Waals surface area (Å²) in [6.07, 6.45) is 5.69. The predicted octanol–water partition coefficient (Wildman–Crippen LogP) is 6.14. The van der Waals surface area contributed by atoms with E-state index >= 15 is 0 Å². The second-order valence-electron chi connectivity index (χ2n) is 9.37.